The molecule has 0 saturated carbocycles. The average Bonchev–Trinajstić information content (AvgIpc) is 2.95. The average molecular weight is 329 g/mol. The summed E-state index contributed by atoms with van der Waals surface area (Å²) < 4.78 is 1.61. The van der Waals surface area contributed by atoms with Crippen molar-refractivity contribution in [3.63, 3.8) is 0 Å². The first-order chi connectivity index (χ1) is 10.1. The van der Waals surface area contributed by atoms with Gasteiger partial charge in [0, 0.05) is 12.6 Å². The van der Waals surface area contributed by atoms with Gasteiger partial charge in [-0.2, -0.15) is 0 Å². The van der Waals surface area contributed by atoms with E-state index in [2.05, 4.69) is 15.2 Å². The zero-order valence-electron chi connectivity index (χ0n) is 12.0. The molecular formula is C14H18Cl2N4O. The van der Waals surface area contributed by atoms with E-state index < -0.39 is 0 Å². The summed E-state index contributed by atoms with van der Waals surface area (Å²) in [5.74, 6) is 0. The van der Waals surface area contributed by atoms with Gasteiger partial charge in [-0.1, -0.05) is 41.4 Å². The smallest absolute Gasteiger partial charge is 0.0971 e. The lowest BCUT2D eigenvalue weighted by molar-refractivity contribution is 0.132. The second-order valence-corrected chi connectivity index (χ2v) is 5.61. The Kier molecular flexibility index (Phi) is 5.58. The Morgan fingerprint density at radius 2 is 2.14 bits per heavy atom. The lowest BCUT2D eigenvalue weighted by Gasteiger charge is -2.24. The van der Waals surface area contributed by atoms with Crippen LogP contribution in [0.25, 0.3) is 5.69 Å². The van der Waals surface area contributed by atoms with Crippen molar-refractivity contribution < 1.29 is 5.11 Å². The lowest BCUT2D eigenvalue weighted by Crippen LogP contribution is -2.35. The Morgan fingerprint density at radius 3 is 2.81 bits per heavy atom. The number of hydrogen-bond acceptors (Lipinski definition) is 4. The maximum absolute atomic E-state index is 9.25. The summed E-state index contributed by atoms with van der Waals surface area (Å²) in [5.41, 5.74) is 1.51. The van der Waals surface area contributed by atoms with Gasteiger partial charge in [-0.3, -0.25) is 4.90 Å². The Bertz CT molecular complexity index is 602. The molecule has 114 valence electrons. The molecule has 0 aliphatic heterocycles. The van der Waals surface area contributed by atoms with Crippen LogP contribution in [-0.4, -0.2) is 44.2 Å². The predicted octanol–water partition coefficient (Wildman–Crippen LogP) is 2.78. The number of aromatic nitrogens is 3. The Hall–Kier alpha value is -1.14. The van der Waals surface area contributed by atoms with Gasteiger partial charge in [-0.05, 0) is 25.6 Å². The first-order valence-electron chi connectivity index (χ1n) is 6.77. The summed E-state index contributed by atoms with van der Waals surface area (Å²) in [7, 11) is 0. The SMILES string of the molecule is CCN(Cc1cn(-c2cccc(Cl)c2Cl)nn1)[C@@H](C)CO. The lowest BCUT2D eigenvalue weighted by atomic mass is 10.2. The van der Waals surface area contributed by atoms with Crippen LogP contribution in [0.4, 0.5) is 0 Å². The molecule has 0 radical (unpaired) electrons. The minimum Gasteiger partial charge on any atom is -0.395 e. The molecule has 0 spiro atoms. The van der Waals surface area contributed by atoms with Gasteiger partial charge in [0.15, 0.2) is 0 Å². The molecular weight excluding hydrogens is 311 g/mol. The molecule has 0 aliphatic carbocycles. The van der Waals surface area contributed by atoms with E-state index in [1.807, 2.05) is 32.2 Å². The minimum absolute atomic E-state index is 0.0786. The van der Waals surface area contributed by atoms with Crippen LogP contribution in [0.5, 0.6) is 0 Å². The molecule has 0 saturated heterocycles. The highest BCUT2D eigenvalue weighted by atomic mass is 35.5. The van der Waals surface area contributed by atoms with E-state index in [1.165, 1.54) is 0 Å². The van der Waals surface area contributed by atoms with Gasteiger partial charge < -0.3 is 5.11 Å². The predicted molar refractivity (Wildman–Crippen MR) is 84.0 cm³/mol. The van der Waals surface area contributed by atoms with Crippen LogP contribution in [0.1, 0.15) is 19.5 Å². The number of aliphatic hydroxyl groups is 1. The summed E-state index contributed by atoms with van der Waals surface area (Å²) in [6.07, 6.45) is 1.82. The van der Waals surface area contributed by atoms with Gasteiger partial charge in [0.1, 0.15) is 0 Å². The molecule has 5 nitrogen and oxygen atoms in total. The van der Waals surface area contributed by atoms with Gasteiger partial charge in [0.05, 0.1) is 34.2 Å². The van der Waals surface area contributed by atoms with Crippen LogP contribution in [0, 0.1) is 0 Å². The first-order valence-corrected chi connectivity index (χ1v) is 7.53. The molecule has 21 heavy (non-hydrogen) atoms. The van der Waals surface area contributed by atoms with Gasteiger partial charge >= 0.3 is 0 Å². The molecule has 0 bridgehead atoms. The van der Waals surface area contributed by atoms with E-state index in [1.54, 1.807) is 10.7 Å². The van der Waals surface area contributed by atoms with Gasteiger partial charge in [-0.25, -0.2) is 4.68 Å². The van der Waals surface area contributed by atoms with E-state index in [0.29, 0.717) is 22.3 Å². The minimum atomic E-state index is 0.0786. The molecule has 0 unspecified atom stereocenters. The van der Waals surface area contributed by atoms with Crippen LogP contribution in [0.3, 0.4) is 0 Å². The van der Waals surface area contributed by atoms with Gasteiger partial charge in [0.2, 0.25) is 0 Å². The van der Waals surface area contributed by atoms with Crippen molar-refractivity contribution >= 4 is 23.2 Å². The highest BCUT2D eigenvalue weighted by Crippen LogP contribution is 2.27. The van der Waals surface area contributed by atoms with Crippen LogP contribution in [0.2, 0.25) is 10.0 Å². The van der Waals surface area contributed by atoms with Crippen LogP contribution in [-0.2, 0) is 6.54 Å². The van der Waals surface area contributed by atoms with Crippen molar-refractivity contribution in [1.82, 2.24) is 19.9 Å². The third kappa shape index (κ3) is 3.74. The fourth-order valence-corrected chi connectivity index (χ4v) is 2.44. The van der Waals surface area contributed by atoms with Crippen molar-refractivity contribution in [2.75, 3.05) is 13.2 Å². The first kappa shape index (κ1) is 16.2. The topological polar surface area (TPSA) is 54.2 Å². The summed E-state index contributed by atoms with van der Waals surface area (Å²) in [6, 6.07) is 5.46. The molecule has 1 aromatic carbocycles. The zero-order valence-corrected chi connectivity index (χ0v) is 13.5. The summed E-state index contributed by atoms with van der Waals surface area (Å²) >= 11 is 12.2. The highest BCUT2D eigenvalue weighted by molar-refractivity contribution is 6.43. The molecule has 1 atom stereocenters. The largest absolute Gasteiger partial charge is 0.395 e. The molecule has 1 aromatic heterocycles. The number of benzene rings is 1. The van der Waals surface area contributed by atoms with Crippen molar-refractivity contribution in [3.05, 3.63) is 40.1 Å². The Balaban J connectivity index is 2.20. The molecule has 2 aromatic rings. The summed E-state index contributed by atoms with van der Waals surface area (Å²) in [5, 5.41) is 18.4. The standard InChI is InChI=1S/C14H18Cl2N4O/c1-3-19(10(2)9-21)7-11-8-20(18-17-11)13-6-4-5-12(15)14(13)16/h4-6,8,10,21H,3,7,9H2,1-2H3/t10-/m0/s1. The molecule has 0 amide bonds. The molecule has 1 heterocycles. The number of rotatable bonds is 6. The summed E-state index contributed by atoms with van der Waals surface area (Å²) in [6.45, 7) is 5.58. The summed E-state index contributed by atoms with van der Waals surface area (Å²) in [4.78, 5) is 2.12. The van der Waals surface area contributed by atoms with Gasteiger partial charge in [-0.15, -0.1) is 5.10 Å². The molecule has 1 N–H and O–H groups in total. The second-order valence-electron chi connectivity index (χ2n) is 4.82. The van der Waals surface area contributed by atoms with E-state index in [9.17, 15) is 5.11 Å². The molecule has 0 fully saturated rings. The van der Waals surface area contributed by atoms with Crippen molar-refractivity contribution in [2.24, 2.45) is 0 Å². The van der Waals surface area contributed by atoms with Gasteiger partial charge in [0.25, 0.3) is 0 Å². The van der Waals surface area contributed by atoms with Crippen molar-refractivity contribution in [2.45, 2.75) is 26.4 Å². The number of aliphatic hydroxyl groups excluding tert-OH is 1. The second kappa shape index (κ2) is 7.22. The number of halogens is 2. The third-order valence-electron chi connectivity index (χ3n) is 3.38. The van der Waals surface area contributed by atoms with E-state index in [4.69, 9.17) is 23.2 Å². The quantitative estimate of drug-likeness (QED) is 0.885. The maximum atomic E-state index is 9.25. The molecule has 2 rings (SSSR count). The zero-order chi connectivity index (χ0) is 15.4. The molecule has 0 aliphatic rings. The normalized spacial score (nSPS) is 12.9. The molecule has 7 heteroatoms. The van der Waals surface area contributed by atoms with E-state index >= 15 is 0 Å². The van der Waals surface area contributed by atoms with Crippen LogP contribution >= 0.6 is 23.2 Å². The maximum Gasteiger partial charge on any atom is 0.0971 e. The highest BCUT2D eigenvalue weighted by Gasteiger charge is 2.14. The van der Waals surface area contributed by atoms with Crippen LogP contribution in [0.15, 0.2) is 24.4 Å². The number of hydrogen-bond donors (Lipinski definition) is 1. The fourth-order valence-electron chi connectivity index (χ4n) is 2.06. The third-order valence-corrected chi connectivity index (χ3v) is 4.19. The van der Waals surface area contributed by atoms with Crippen LogP contribution < -0.4 is 0 Å². The van der Waals surface area contributed by atoms with E-state index in [-0.39, 0.29) is 12.6 Å². The van der Waals surface area contributed by atoms with Crippen molar-refractivity contribution in [3.8, 4) is 5.69 Å². The Morgan fingerprint density at radius 1 is 1.38 bits per heavy atom. The van der Waals surface area contributed by atoms with Crippen molar-refractivity contribution in [1.29, 1.82) is 0 Å². The van der Waals surface area contributed by atoms with E-state index in [0.717, 1.165) is 12.2 Å². The number of nitrogens with zero attached hydrogens (tertiary/aromatic N) is 4. The fraction of sp³-hybridized carbons (Fsp3) is 0.429. The monoisotopic (exact) mass is 328 g/mol. The Labute approximate surface area is 134 Å². The number of likely N-dealkylation sites (N-methyl/N-ethyl adjacent to an activating group) is 1.